The minimum atomic E-state index is -1.18. The second-order valence-corrected chi connectivity index (χ2v) is 9.60. The summed E-state index contributed by atoms with van der Waals surface area (Å²) in [5.41, 5.74) is 3.09. The van der Waals surface area contributed by atoms with Gasteiger partial charge in [-0.2, -0.15) is 0 Å². The van der Waals surface area contributed by atoms with Gasteiger partial charge in [0.25, 0.3) is 0 Å². The predicted octanol–water partition coefficient (Wildman–Crippen LogP) is 3.54. The molecule has 11 nitrogen and oxygen atoms in total. The van der Waals surface area contributed by atoms with Crippen LogP contribution in [0.4, 0.5) is 17.4 Å². The van der Waals surface area contributed by atoms with Crippen LogP contribution in [0.2, 0.25) is 0 Å². The van der Waals surface area contributed by atoms with Gasteiger partial charge < -0.3 is 30.2 Å². The van der Waals surface area contributed by atoms with Crippen molar-refractivity contribution in [1.82, 2.24) is 20.4 Å². The number of dihydropyridines is 1. The van der Waals surface area contributed by atoms with Gasteiger partial charge in [0.1, 0.15) is 0 Å². The molecule has 1 fully saturated rings. The number of allylic oxidation sites excluding steroid dienone is 2. The number of aromatic nitrogens is 2. The average Bonchev–Trinajstić information content (AvgIpc) is 3.35. The molecule has 3 aromatic rings. The van der Waals surface area contributed by atoms with Gasteiger partial charge in [-0.05, 0) is 43.7 Å². The first kappa shape index (κ1) is 26.0. The van der Waals surface area contributed by atoms with Crippen LogP contribution in [0.1, 0.15) is 31.2 Å². The second kappa shape index (κ2) is 11.0. The van der Waals surface area contributed by atoms with Gasteiger partial charge in [0, 0.05) is 48.9 Å². The van der Waals surface area contributed by atoms with Crippen molar-refractivity contribution in [1.29, 1.82) is 0 Å². The Morgan fingerprint density at radius 2 is 1.62 bits per heavy atom. The largest absolute Gasteiger partial charge is 0.478 e. The number of carbonyl (C=O) groups is 2. The first-order valence-electron chi connectivity index (χ1n) is 12.7. The quantitative estimate of drug-likeness (QED) is 0.339. The van der Waals surface area contributed by atoms with E-state index in [9.17, 15) is 19.8 Å². The van der Waals surface area contributed by atoms with Crippen molar-refractivity contribution in [2.45, 2.75) is 26.3 Å². The lowest BCUT2D eigenvalue weighted by atomic mass is 9.80. The Morgan fingerprint density at radius 1 is 0.949 bits per heavy atom. The fraction of sp³-hybridized carbons (Fsp3) is 0.286. The highest BCUT2D eigenvalue weighted by atomic mass is 16.4. The smallest absolute Gasteiger partial charge is 0.334 e. The summed E-state index contributed by atoms with van der Waals surface area (Å²) in [6.45, 7) is 7.34. The summed E-state index contributed by atoms with van der Waals surface area (Å²) in [6.07, 6.45) is 0. The number of nitrogens with one attached hydrogen (secondary N) is 2. The van der Waals surface area contributed by atoms with Gasteiger partial charge in [-0.3, -0.25) is 4.90 Å². The van der Waals surface area contributed by atoms with Crippen molar-refractivity contribution < 1.29 is 24.2 Å². The molecule has 1 aromatic heterocycles. The van der Waals surface area contributed by atoms with Gasteiger partial charge >= 0.3 is 18.0 Å². The van der Waals surface area contributed by atoms with Crippen molar-refractivity contribution in [3.05, 3.63) is 88.6 Å². The minimum Gasteiger partial charge on any atom is -0.478 e. The molecule has 0 spiro atoms. The van der Waals surface area contributed by atoms with Crippen LogP contribution in [0.15, 0.2) is 81.6 Å². The monoisotopic (exact) mass is 530 g/mol. The normalized spacial score (nSPS) is 16.8. The highest BCUT2D eigenvalue weighted by molar-refractivity contribution is 5.98. The van der Waals surface area contributed by atoms with E-state index in [1.807, 2.05) is 18.2 Å². The van der Waals surface area contributed by atoms with Crippen LogP contribution in [0, 0.1) is 0 Å². The number of piperazine rings is 1. The number of aliphatic carboxylic acids is 2. The second-order valence-electron chi connectivity index (χ2n) is 9.60. The molecule has 0 atom stereocenters. The van der Waals surface area contributed by atoms with Gasteiger partial charge in [-0.1, -0.05) is 35.4 Å². The third kappa shape index (κ3) is 5.63. The zero-order valence-electron chi connectivity index (χ0n) is 21.7. The Bertz CT molecular complexity index is 1400. The van der Waals surface area contributed by atoms with E-state index in [1.54, 1.807) is 38.1 Å². The SMILES string of the molecule is CC1=C(C(=O)O)C(c2cccc(Nc3nnc(CN4CCN(c5ccccc5)CC4)o3)c2)C(C(=O)O)=C(C)N1. The number of benzene rings is 2. The molecule has 0 radical (unpaired) electrons. The Balaban J connectivity index is 1.27. The molecule has 4 N–H and O–H groups in total. The van der Waals surface area contributed by atoms with Gasteiger partial charge in [0.2, 0.25) is 5.89 Å². The van der Waals surface area contributed by atoms with E-state index in [-0.39, 0.29) is 17.2 Å². The molecule has 0 aliphatic carbocycles. The Morgan fingerprint density at radius 3 is 2.26 bits per heavy atom. The molecule has 0 unspecified atom stereocenters. The van der Waals surface area contributed by atoms with Crippen LogP contribution >= 0.6 is 0 Å². The summed E-state index contributed by atoms with van der Waals surface area (Å²) in [4.78, 5) is 28.8. The molecule has 202 valence electrons. The third-order valence-electron chi connectivity index (χ3n) is 7.01. The highest BCUT2D eigenvalue weighted by Gasteiger charge is 2.36. The molecular weight excluding hydrogens is 500 g/mol. The molecule has 1 saturated heterocycles. The lowest BCUT2D eigenvalue weighted by molar-refractivity contribution is -0.133. The maximum atomic E-state index is 12.1. The molecule has 39 heavy (non-hydrogen) atoms. The zero-order valence-corrected chi connectivity index (χ0v) is 21.7. The Hall–Kier alpha value is -4.64. The van der Waals surface area contributed by atoms with E-state index in [0.29, 0.717) is 35.1 Å². The molecule has 0 bridgehead atoms. The van der Waals surface area contributed by atoms with Crippen LogP contribution in [0.25, 0.3) is 0 Å². The fourth-order valence-electron chi connectivity index (χ4n) is 5.18. The molecule has 0 amide bonds. The van der Waals surface area contributed by atoms with Gasteiger partial charge in [-0.25, -0.2) is 9.59 Å². The number of para-hydroxylation sites is 1. The van der Waals surface area contributed by atoms with E-state index in [1.165, 1.54) is 5.69 Å². The van der Waals surface area contributed by atoms with Gasteiger partial charge in [-0.15, -0.1) is 5.10 Å². The lowest BCUT2D eigenvalue weighted by Gasteiger charge is -2.35. The Labute approximate surface area is 225 Å². The number of anilines is 3. The third-order valence-corrected chi connectivity index (χ3v) is 7.01. The first-order chi connectivity index (χ1) is 18.8. The number of nitrogens with zero attached hydrogens (tertiary/aromatic N) is 4. The lowest BCUT2D eigenvalue weighted by Crippen LogP contribution is -2.46. The summed E-state index contributed by atoms with van der Waals surface area (Å²) in [7, 11) is 0. The molecule has 2 aromatic carbocycles. The summed E-state index contributed by atoms with van der Waals surface area (Å²) in [6, 6.07) is 17.4. The van der Waals surface area contributed by atoms with Crippen molar-refractivity contribution in [2.75, 3.05) is 36.4 Å². The molecule has 11 heteroatoms. The van der Waals surface area contributed by atoms with E-state index < -0.39 is 17.9 Å². The number of hydrogen-bond donors (Lipinski definition) is 4. The topological polar surface area (TPSA) is 144 Å². The van der Waals surface area contributed by atoms with E-state index >= 15 is 0 Å². The number of hydrogen-bond acceptors (Lipinski definition) is 9. The molecule has 5 rings (SSSR count). The number of carboxylic acids is 2. The van der Waals surface area contributed by atoms with Crippen molar-refractivity contribution in [3.63, 3.8) is 0 Å². The fourth-order valence-corrected chi connectivity index (χ4v) is 5.18. The average molecular weight is 531 g/mol. The van der Waals surface area contributed by atoms with Crippen molar-refractivity contribution >= 4 is 29.3 Å². The Kier molecular flexibility index (Phi) is 7.33. The van der Waals surface area contributed by atoms with Gasteiger partial charge in [0.15, 0.2) is 0 Å². The van der Waals surface area contributed by atoms with Gasteiger partial charge in [0.05, 0.1) is 23.6 Å². The minimum absolute atomic E-state index is 0.0115. The number of rotatable bonds is 8. The standard InChI is InChI=1S/C28H30N6O5/c1-17-23(26(35)36)25(24(27(37)38)18(2)29-17)19-7-6-8-20(15-19)30-28-32-31-22(39-28)16-33-11-13-34(14-12-33)21-9-4-3-5-10-21/h3-10,15,25,29H,11-14,16H2,1-2H3,(H,30,32)(H,35,36)(H,37,38). The van der Waals surface area contributed by atoms with Crippen LogP contribution in [0.5, 0.6) is 0 Å². The molecule has 3 heterocycles. The maximum Gasteiger partial charge on any atom is 0.334 e. The van der Waals surface area contributed by atoms with Crippen LogP contribution in [-0.2, 0) is 16.1 Å². The first-order valence-corrected chi connectivity index (χ1v) is 12.7. The molecule has 2 aliphatic rings. The summed E-state index contributed by atoms with van der Waals surface area (Å²) in [5, 5.41) is 34.0. The molecule has 0 saturated carbocycles. The van der Waals surface area contributed by atoms with E-state index in [2.05, 4.69) is 42.8 Å². The van der Waals surface area contributed by atoms with Crippen LogP contribution in [-0.4, -0.2) is 63.4 Å². The summed E-state index contributed by atoms with van der Waals surface area (Å²) < 4.78 is 5.83. The number of carboxylic acid groups (broad SMARTS) is 2. The predicted molar refractivity (Wildman–Crippen MR) is 145 cm³/mol. The molecular formula is C28H30N6O5. The van der Waals surface area contributed by atoms with E-state index in [4.69, 9.17) is 4.42 Å². The van der Waals surface area contributed by atoms with Crippen molar-refractivity contribution in [3.8, 4) is 0 Å². The zero-order chi connectivity index (χ0) is 27.5. The summed E-state index contributed by atoms with van der Waals surface area (Å²) in [5.74, 6) is -2.82. The van der Waals surface area contributed by atoms with E-state index in [0.717, 1.165) is 26.2 Å². The van der Waals surface area contributed by atoms with Crippen LogP contribution < -0.4 is 15.5 Å². The molecule has 2 aliphatic heterocycles. The van der Waals surface area contributed by atoms with Crippen molar-refractivity contribution in [2.24, 2.45) is 0 Å². The maximum absolute atomic E-state index is 12.1. The summed E-state index contributed by atoms with van der Waals surface area (Å²) >= 11 is 0. The highest BCUT2D eigenvalue weighted by Crippen LogP contribution is 2.39. The van der Waals surface area contributed by atoms with Crippen LogP contribution in [0.3, 0.4) is 0 Å².